The van der Waals surface area contributed by atoms with Gasteiger partial charge in [-0.05, 0) is 37.6 Å². The summed E-state index contributed by atoms with van der Waals surface area (Å²) in [6, 6.07) is 12.0. The second kappa shape index (κ2) is 6.04. The third-order valence-corrected chi connectivity index (χ3v) is 3.44. The molecule has 0 aliphatic heterocycles. The molecule has 1 aromatic carbocycles. The highest BCUT2D eigenvalue weighted by Gasteiger charge is 2.12. The largest absolute Gasteiger partial charge is 0.326 e. The molecule has 19 heavy (non-hydrogen) atoms. The van der Waals surface area contributed by atoms with E-state index in [0.29, 0.717) is 11.6 Å². The van der Waals surface area contributed by atoms with E-state index < -0.39 is 0 Å². The number of nitrogens with two attached hydrogens (primary N) is 1. The number of nitrogens with zero attached hydrogens (tertiary/aromatic N) is 2. The summed E-state index contributed by atoms with van der Waals surface area (Å²) < 4.78 is 0. The highest BCUT2D eigenvalue weighted by Crippen LogP contribution is 2.28. The fourth-order valence-corrected chi connectivity index (χ4v) is 2.27. The lowest BCUT2D eigenvalue weighted by Crippen LogP contribution is -2.19. The zero-order chi connectivity index (χ0) is 13.8. The fraction of sp³-hybridized carbons (Fsp3) is 0.267. The predicted octanol–water partition coefficient (Wildman–Crippen LogP) is 3.66. The van der Waals surface area contributed by atoms with Crippen molar-refractivity contribution in [3.8, 4) is 0 Å². The van der Waals surface area contributed by atoms with Crippen LogP contribution in [0, 0.1) is 6.92 Å². The molecule has 0 bridgehead atoms. The van der Waals surface area contributed by atoms with Gasteiger partial charge in [-0.3, -0.25) is 0 Å². The Balaban J connectivity index is 2.45. The van der Waals surface area contributed by atoms with E-state index in [-0.39, 0.29) is 0 Å². The molecule has 4 heteroatoms. The van der Waals surface area contributed by atoms with Crippen LogP contribution in [0.15, 0.2) is 36.4 Å². The topological polar surface area (TPSA) is 42.1 Å². The second-order valence-electron chi connectivity index (χ2n) is 4.33. The van der Waals surface area contributed by atoms with Crippen molar-refractivity contribution in [1.82, 2.24) is 4.98 Å². The first-order valence-corrected chi connectivity index (χ1v) is 6.73. The molecule has 0 unspecified atom stereocenters. The normalized spacial score (nSPS) is 10.5. The van der Waals surface area contributed by atoms with Crippen molar-refractivity contribution in [3.05, 3.63) is 52.7 Å². The van der Waals surface area contributed by atoms with Crippen LogP contribution in [-0.4, -0.2) is 11.5 Å². The highest BCUT2D eigenvalue weighted by molar-refractivity contribution is 6.31. The van der Waals surface area contributed by atoms with Gasteiger partial charge in [0.05, 0.1) is 10.7 Å². The standard InChI is InChI=1S/C15H18ClN3/c1-3-19(14-7-5-4-6-11(14)2)15-9-8-12(16)13(10-17)18-15/h4-9H,3,10,17H2,1-2H3. The summed E-state index contributed by atoms with van der Waals surface area (Å²) in [5.41, 5.74) is 8.77. The molecule has 0 aliphatic rings. The van der Waals surface area contributed by atoms with E-state index in [2.05, 4.69) is 35.9 Å². The van der Waals surface area contributed by atoms with Crippen molar-refractivity contribution in [2.24, 2.45) is 5.73 Å². The van der Waals surface area contributed by atoms with E-state index in [1.165, 1.54) is 5.56 Å². The van der Waals surface area contributed by atoms with Gasteiger partial charge in [0.2, 0.25) is 0 Å². The Hall–Kier alpha value is -1.58. The molecule has 2 N–H and O–H groups in total. The van der Waals surface area contributed by atoms with Crippen molar-refractivity contribution in [2.45, 2.75) is 20.4 Å². The van der Waals surface area contributed by atoms with E-state index in [1.807, 2.05) is 24.3 Å². The van der Waals surface area contributed by atoms with Gasteiger partial charge in [-0.2, -0.15) is 0 Å². The summed E-state index contributed by atoms with van der Waals surface area (Å²) in [5.74, 6) is 0.877. The summed E-state index contributed by atoms with van der Waals surface area (Å²) in [5, 5.41) is 0.618. The van der Waals surface area contributed by atoms with Gasteiger partial charge in [0.25, 0.3) is 0 Å². The molecular weight excluding hydrogens is 258 g/mol. The second-order valence-corrected chi connectivity index (χ2v) is 4.74. The molecule has 0 saturated carbocycles. The Morgan fingerprint density at radius 2 is 1.95 bits per heavy atom. The average Bonchev–Trinajstić information content (AvgIpc) is 2.43. The fourth-order valence-electron chi connectivity index (χ4n) is 2.09. The Kier molecular flexibility index (Phi) is 4.40. The summed E-state index contributed by atoms with van der Waals surface area (Å²) in [6.07, 6.45) is 0. The summed E-state index contributed by atoms with van der Waals surface area (Å²) in [7, 11) is 0. The number of hydrogen-bond donors (Lipinski definition) is 1. The van der Waals surface area contributed by atoms with Crippen molar-refractivity contribution in [1.29, 1.82) is 0 Å². The lowest BCUT2D eigenvalue weighted by molar-refractivity contribution is 0.936. The Morgan fingerprint density at radius 1 is 1.21 bits per heavy atom. The maximum absolute atomic E-state index is 6.06. The molecule has 0 saturated heterocycles. The molecule has 0 atom stereocenters. The van der Waals surface area contributed by atoms with Gasteiger partial charge in [0.15, 0.2) is 0 Å². The molecular formula is C15H18ClN3. The van der Waals surface area contributed by atoms with Crippen LogP contribution in [-0.2, 0) is 6.54 Å². The highest BCUT2D eigenvalue weighted by atomic mass is 35.5. The molecule has 0 fully saturated rings. The van der Waals surface area contributed by atoms with Crippen molar-refractivity contribution in [3.63, 3.8) is 0 Å². The van der Waals surface area contributed by atoms with Crippen LogP contribution >= 0.6 is 11.6 Å². The first-order chi connectivity index (χ1) is 9.17. The maximum atomic E-state index is 6.06. The number of hydrogen-bond acceptors (Lipinski definition) is 3. The lowest BCUT2D eigenvalue weighted by atomic mass is 10.2. The van der Waals surface area contributed by atoms with Gasteiger partial charge in [-0.15, -0.1) is 0 Å². The molecule has 1 aromatic heterocycles. The molecule has 100 valence electrons. The van der Waals surface area contributed by atoms with Crippen LogP contribution in [0.4, 0.5) is 11.5 Å². The molecule has 0 radical (unpaired) electrons. The molecule has 0 amide bonds. The molecule has 1 heterocycles. The zero-order valence-electron chi connectivity index (χ0n) is 11.2. The molecule has 0 spiro atoms. The third-order valence-electron chi connectivity index (χ3n) is 3.10. The average molecular weight is 276 g/mol. The van der Waals surface area contributed by atoms with E-state index in [0.717, 1.165) is 23.7 Å². The minimum absolute atomic E-state index is 0.345. The monoisotopic (exact) mass is 275 g/mol. The number of para-hydroxylation sites is 1. The van der Waals surface area contributed by atoms with Gasteiger partial charge in [-0.1, -0.05) is 29.8 Å². The zero-order valence-corrected chi connectivity index (χ0v) is 12.0. The molecule has 3 nitrogen and oxygen atoms in total. The van der Waals surface area contributed by atoms with Crippen LogP contribution in [0.2, 0.25) is 5.02 Å². The van der Waals surface area contributed by atoms with Gasteiger partial charge in [0.1, 0.15) is 5.82 Å². The van der Waals surface area contributed by atoms with E-state index in [4.69, 9.17) is 17.3 Å². The first kappa shape index (κ1) is 13.8. The Labute approximate surface area is 119 Å². The van der Waals surface area contributed by atoms with Crippen LogP contribution in [0.25, 0.3) is 0 Å². The Bertz CT molecular complexity index is 569. The summed E-state index contributed by atoms with van der Waals surface area (Å²) in [6.45, 7) is 5.38. The van der Waals surface area contributed by atoms with Gasteiger partial charge >= 0.3 is 0 Å². The number of anilines is 2. The van der Waals surface area contributed by atoms with E-state index in [9.17, 15) is 0 Å². The SMILES string of the molecule is CCN(c1ccc(Cl)c(CN)n1)c1ccccc1C. The molecule has 2 aromatic rings. The number of pyridine rings is 1. The lowest BCUT2D eigenvalue weighted by Gasteiger charge is -2.24. The minimum atomic E-state index is 0.345. The summed E-state index contributed by atoms with van der Waals surface area (Å²) >= 11 is 6.06. The van der Waals surface area contributed by atoms with Gasteiger partial charge < -0.3 is 10.6 Å². The number of aromatic nitrogens is 1. The third kappa shape index (κ3) is 2.88. The first-order valence-electron chi connectivity index (χ1n) is 6.36. The van der Waals surface area contributed by atoms with Gasteiger partial charge in [0, 0.05) is 18.8 Å². The minimum Gasteiger partial charge on any atom is -0.326 e. The van der Waals surface area contributed by atoms with E-state index in [1.54, 1.807) is 0 Å². The number of rotatable bonds is 4. The maximum Gasteiger partial charge on any atom is 0.133 e. The summed E-state index contributed by atoms with van der Waals surface area (Å²) in [4.78, 5) is 6.71. The molecule has 2 rings (SSSR count). The number of halogens is 1. The van der Waals surface area contributed by atoms with Crippen molar-refractivity contribution >= 4 is 23.1 Å². The number of benzene rings is 1. The van der Waals surface area contributed by atoms with E-state index >= 15 is 0 Å². The van der Waals surface area contributed by atoms with Gasteiger partial charge in [-0.25, -0.2) is 4.98 Å². The number of aryl methyl sites for hydroxylation is 1. The van der Waals surface area contributed by atoms with Crippen molar-refractivity contribution < 1.29 is 0 Å². The predicted molar refractivity (Wildman–Crippen MR) is 81.0 cm³/mol. The smallest absolute Gasteiger partial charge is 0.133 e. The quantitative estimate of drug-likeness (QED) is 0.926. The molecule has 0 aliphatic carbocycles. The Morgan fingerprint density at radius 3 is 2.58 bits per heavy atom. The van der Waals surface area contributed by atoms with Crippen LogP contribution in [0.3, 0.4) is 0 Å². The van der Waals surface area contributed by atoms with Crippen molar-refractivity contribution in [2.75, 3.05) is 11.4 Å². The van der Waals surface area contributed by atoms with Crippen LogP contribution in [0.5, 0.6) is 0 Å². The van der Waals surface area contributed by atoms with Crippen LogP contribution < -0.4 is 10.6 Å². The van der Waals surface area contributed by atoms with Crippen LogP contribution in [0.1, 0.15) is 18.2 Å².